The zero-order chi connectivity index (χ0) is 19.6. The van der Waals surface area contributed by atoms with E-state index in [9.17, 15) is 18.0 Å². The fourth-order valence-corrected chi connectivity index (χ4v) is 3.36. The van der Waals surface area contributed by atoms with E-state index in [1.807, 2.05) is 0 Å². The van der Waals surface area contributed by atoms with E-state index >= 15 is 0 Å². The highest BCUT2D eigenvalue weighted by Gasteiger charge is 2.31. The van der Waals surface area contributed by atoms with E-state index in [1.165, 1.54) is 6.07 Å². The van der Waals surface area contributed by atoms with Crippen LogP contribution in [0.5, 0.6) is 0 Å². The Morgan fingerprint density at radius 2 is 2.19 bits per heavy atom. The maximum absolute atomic E-state index is 12.9. The number of nitrogens with one attached hydrogen (secondary N) is 1. The average molecular weight is 381 g/mol. The van der Waals surface area contributed by atoms with Gasteiger partial charge in [0.25, 0.3) is 0 Å². The molecule has 1 atom stereocenters. The molecule has 0 spiro atoms. The van der Waals surface area contributed by atoms with Crippen molar-refractivity contribution in [2.24, 2.45) is 5.92 Å². The number of halogens is 3. The van der Waals surface area contributed by atoms with Gasteiger partial charge in [0.15, 0.2) is 0 Å². The van der Waals surface area contributed by atoms with Crippen LogP contribution in [0.15, 0.2) is 28.7 Å². The number of rotatable bonds is 4. The fourth-order valence-electron chi connectivity index (χ4n) is 3.36. The minimum atomic E-state index is -4.41. The van der Waals surface area contributed by atoms with Crippen molar-refractivity contribution < 1.29 is 22.4 Å². The summed E-state index contributed by atoms with van der Waals surface area (Å²) in [5, 5.41) is 2.68. The topological polar surface area (TPSA) is 58.4 Å². The monoisotopic (exact) mass is 381 g/mol. The molecule has 1 saturated heterocycles. The third-order valence-corrected chi connectivity index (χ3v) is 4.83. The lowest BCUT2D eigenvalue weighted by molar-refractivity contribution is -0.137. The Hall–Kier alpha value is -2.35. The summed E-state index contributed by atoms with van der Waals surface area (Å²) >= 11 is 0. The summed E-state index contributed by atoms with van der Waals surface area (Å²) in [6, 6.07) is 4.95. The molecule has 1 aliphatic rings. The Kier molecular flexibility index (Phi) is 5.55. The van der Waals surface area contributed by atoms with E-state index in [0.717, 1.165) is 31.5 Å². The first-order chi connectivity index (χ1) is 12.8. The third kappa shape index (κ3) is 4.50. The number of oxazole rings is 1. The standard InChI is InChI=1S/C19H22F3N3O2/c1-12-16(11-25-8-4-6-14(10-25)17(26)23-2)24-18(27-12)13-5-3-7-15(9-13)19(20,21)22/h3,5,7,9,14H,4,6,8,10-11H2,1-2H3,(H,23,26)/t14-/m0/s1. The number of aryl methyl sites for hydroxylation is 1. The van der Waals surface area contributed by atoms with E-state index in [4.69, 9.17) is 4.42 Å². The van der Waals surface area contributed by atoms with Gasteiger partial charge in [-0.3, -0.25) is 9.69 Å². The second-order valence-corrected chi connectivity index (χ2v) is 6.79. The maximum Gasteiger partial charge on any atom is 0.416 e. The average Bonchev–Trinajstić information content (AvgIpc) is 3.01. The van der Waals surface area contributed by atoms with Gasteiger partial charge in [0.2, 0.25) is 11.8 Å². The molecule has 0 saturated carbocycles. The first kappa shape index (κ1) is 19.4. The molecule has 0 bridgehead atoms. The molecule has 2 heterocycles. The number of aromatic nitrogens is 1. The van der Waals surface area contributed by atoms with Gasteiger partial charge in [-0.15, -0.1) is 0 Å². The largest absolute Gasteiger partial charge is 0.441 e. The van der Waals surface area contributed by atoms with Gasteiger partial charge < -0.3 is 9.73 Å². The molecule has 1 amide bonds. The number of hydrogen-bond acceptors (Lipinski definition) is 4. The summed E-state index contributed by atoms with van der Waals surface area (Å²) in [6.07, 6.45) is -2.65. The smallest absolute Gasteiger partial charge is 0.416 e. The highest BCUT2D eigenvalue weighted by atomic mass is 19.4. The summed E-state index contributed by atoms with van der Waals surface area (Å²) in [4.78, 5) is 18.4. The molecule has 0 aliphatic carbocycles. The highest BCUT2D eigenvalue weighted by molar-refractivity contribution is 5.78. The van der Waals surface area contributed by atoms with Crippen molar-refractivity contribution in [3.63, 3.8) is 0 Å². The Labute approximate surface area is 155 Å². The first-order valence-electron chi connectivity index (χ1n) is 8.86. The molecule has 1 aliphatic heterocycles. The quantitative estimate of drug-likeness (QED) is 0.879. The van der Waals surface area contributed by atoms with Crippen molar-refractivity contribution in [1.29, 1.82) is 0 Å². The van der Waals surface area contributed by atoms with Crippen LogP contribution in [0.1, 0.15) is 29.9 Å². The molecule has 5 nitrogen and oxygen atoms in total. The van der Waals surface area contributed by atoms with Crippen LogP contribution >= 0.6 is 0 Å². The predicted molar refractivity (Wildman–Crippen MR) is 93.7 cm³/mol. The molecular weight excluding hydrogens is 359 g/mol. The van der Waals surface area contributed by atoms with Crippen LogP contribution in [0.25, 0.3) is 11.5 Å². The summed E-state index contributed by atoms with van der Waals surface area (Å²) in [5.41, 5.74) is 0.239. The van der Waals surface area contributed by atoms with Crippen LogP contribution in [0.3, 0.4) is 0 Å². The lowest BCUT2D eigenvalue weighted by Crippen LogP contribution is -2.41. The SMILES string of the molecule is CNC(=O)[C@H]1CCCN(Cc2nc(-c3cccc(C(F)(F)F)c3)oc2C)C1. The number of alkyl halides is 3. The zero-order valence-electron chi connectivity index (χ0n) is 15.3. The molecule has 8 heteroatoms. The van der Waals surface area contributed by atoms with E-state index in [0.29, 0.717) is 30.1 Å². The molecule has 0 unspecified atom stereocenters. The number of carbonyl (C=O) groups is 1. The first-order valence-corrected chi connectivity index (χ1v) is 8.86. The van der Waals surface area contributed by atoms with E-state index in [2.05, 4.69) is 15.2 Å². The lowest BCUT2D eigenvalue weighted by Gasteiger charge is -2.31. The molecule has 1 N–H and O–H groups in total. The molecule has 27 heavy (non-hydrogen) atoms. The molecule has 1 fully saturated rings. The second kappa shape index (κ2) is 7.72. The third-order valence-electron chi connectivity index (χ3n) is 4.83. The van der Waals surface area contributed by atoms with Gasteiger partial charge >= 0.3 is 6.18 Å². The number of carbonyl (C=O) groups excluding carboxylic acids is 1. The molecule has 1 aromatic heterocycles. The number of benzene rings is 1. The van der Waals surface area contributed by atoms with E-state index in [-0.39, 0.29) is 17.7 Å². The van der Waals surface area contributed by atoms with Gasteiger partial charge in [-0.05, 0) is 44.5 Å². The number of nitrogens with zero attached hydrogens (tertiary/aromatic N) is 2. The van der Waals surface area contributed by atoms with Crippen LogP contribution in [-0.4, -0.2) is 35.9 Å². The van der Waals surface area contributed by atoms with Crippen LogP contribution in [0.4, 0.5) is 13.2 Å². The van der Waals surface area contributed by atoms with E-state index < -0.39 is 11.7 Å². The fraction of sp³-hybridized carbons (Fsp3) is 0.474. The van der Waals surface area contributed by atoms with Crippen molar-refractivity contribution in [2.75, 3.05) is 20.1 Å². The van der Waals surface area contributed by atoms with Crippen molar-refractivity contribution in [2.45, 2.75) is 32.5 Å². The van der Waals surface area contributed by atoms with Gasteiger partial charge in [-0.1, -0.05) is 6.07 Å². The normalized spacial score (nSPS) is 18.5. The van der Waals surface area contributed by atoms with E-state index in [1.54, 1.807) is 20.0 Å². The molecule has 1 aromatic carbocycles. The van der Waals surface area contributed by atoms with Crippen LogP contribution < -0.4 is 5.32 Å². The van der Waals surface area contributed by atoms with Crippen molar-refractivity contribution in [3.8, 4) is 11.5 Å². The predicted octanol–water partition coefficient (Wildman–Crippen LogP) is 3.63. The van der Waals surface area contributed by atoms with Crippen molar-refractivity contribution in [1.82, 2.24) is 15.2 Å². The summed E-state index contributed by atoms with van der Waals surface area (Å²) in [7, 11) is 1.63. The molecule has 0 radical (unpaired) electrons. The molecule has 3 rings (SSSR count). The van der Waals surface area contributed by atoms with Gasteiger partial charge in [0.1, 0.15) is 5.76 Å². The minimum Gasteiger partial charge on any atom is -0.441 e. The maximum atomic E-state index is 12.9. The zero-order valence-corrected chi connectivity index (χ0v) is 15.3. The Balaban J connectivity index is 1.76. The van der Waals surface area contributed by atoms with Gasteiger partial charge in [-0.2, -0.15) is 13.2 Å². The Morgan fingerprint density at radius 1 is 1.41 bits per heavy atom. The second-order valence-electron chi connectivity index (χ2n) is 6.79. The highest BCUT2D eigenvalue weighted by Crippen LogP contribution is 2.32. The number of likely N-dealkylation sites (tertiary alicyclic amines) is 1. The van der Waals surface area contributed by atoms with Gasteiger partial charge in [0.05, 0.1) is 17.2 Å². The minimum absolute atomic E-state index is 0.0289. The van der Waals surface area contributed by atoms with Crippen molar-refractivity contribution in [3.05, 3.63) is 41.3 Å². The van der Waals surface area contributed by atoms with Crippen molar-refractivity contribution >= 4 is 5.91 Å². The van der Waals surface area contributed by atoms with Crippen LogP contribution in [0.2, 0.25) is 0 Å². The number of amides is 1. The number of piperidine rings is 1. The lowest BCUT2D eigenvalue weighted by atomic mass is 9.97. The Bertz CT molecular complexity index is 817. The summed E-state index contributed by atoms with van der Waals surface area (Å²) < 4.78 is 44.4. The molecule has 146 valence electrons. The Morgan fingerprint density at radius 3 is 2.89 bits per heavy atom. The number of hydrogen-bond donors (Lipinski definition) is 1. The van der Waals surface area contributed by atoms with Gasteiger partial charge in [-0.25, -0.2) is 4.98 Å². The van der Waals surface area contributed by atoms with Gasteiger partial charge in [0, 0.05) is 25.7 Å². The van der Waals surface area contributed by atoms with Crippen LogP contribution in [-0.2, 0) is 17.5 Å². The summed E-state index contributed by atoms with van der Waals surface area (Å²) in [6.45, 7) is 3.73. The molecular formula is C19H22F3N3O2. The molecule has 2 aromatic rings. The summed E-state index contributed by atoms with van der Waals surface area (Å²) in [5.74, 6) is 0.720. The van der Waals surface area contributed by atoms with Crippen LogP contribution in [0, 0.1) is 12.8 Å².